The molecular formula is C13H19N3O2. The molecule has 0 saturated carbocycles. The molecule has 1 aliphatic rings. The van der Waals surface area contributed by atoms with Crippen LogP contribution >= 0.6 is 0 Å². The molecule has 1 atom stereocenters. The number of urea groups is 1. The largest absolute Gasteiger partial charge is 0.394 e. The van der Waals surface area contributed by atoms with E-state index in [2.05, 4.69) is 5.32 Å². The Hall–Kier alpha value is -1.59. The number of rotatable bonds is 3. The second-order valence-electron chi connectivity index (χ2n) is 4.50. The summed E-state index contributed by atoms with van der Waals surface area (Å²) in [4.78, 5) is 13.7. The lowest BCUT2D eigenvalue weighted by atomic mass is 10.2. The summed E-state index contributed by atoms with van der Waals surface area (Å²) in [6.07, 6.45) is 1.82. The number of hydrogen-bond donors (Lipinski definition) is 3. The van der Waals surface area contributed by atoms with Crippen LogP contribution in [0.3, 0.4) is 0 Å². The van der Waals surface area contributed by atoms with Crippen LogP contribution in [0.25, 0.3) is 0 Å². The van der Waals surface area contributed by atoms with E-state index < -0.39 is 0 Å². The number of anilines is 1. The van der Waals surface area contributed by atoms with E-state index in [-0.39, 0.29) is 18.7 Å². The third-order valence-electron chi connectivity index (χ3n) is 3.29. The zero-order valence-corrected chi connectivity index (χ0v) is 10.3. The number of hydrogen-bond acceptors (Lipinski definition) is 3. The molecule has 0 aliphatic carbocycles. The van der Waals surface area contributed by atoms with E-state index in [1.54, 1.807) is 4.90 Å². The van der Waals surface area contributed by atoms with Crippen molar-refractivity contribution in [1.29, 1.82) is 0 Å². The van der Waals surface area contributed by atoms with Gasteiger partial charge >= 0.3 is 6.03 Å². The Morgan fingerprint density at radius 3 is 2.78 bits per heavy atom. The SMILES string of the molecule is NCc1ccc(NC(=O)N2CCCC2CO)cc1. The van der Waals surface area contributed by atoms with Crippen LogP contribution in [0, 0.1) is 0 Å². The first-order valence-electron chi connectivity index (χ1n) is 6.22. The van der Waals surface area contributed by atoms with Gasteiger partial charge in [0.1, 0.15) is 0 Å². The summed E-state index contributed by atoms with van der Waals surface area (Å²) in [5, 5.41) is 12.0. The van der Waals surface area contributed by atoms with Crippen molar-refractivity contribution in [2.45, 2.75) is 25.4 Å². The lowest BCUT2D eigenvalue weighted by Crippen LogP contribution is -2.40. The smallest absolute Gasteiger partial charge is 0.322 e. The molecule has 0 bridgehead atoms. The molecule has 1 heterocycles. The number of amides is 2. The van der Waals surface area contributed by atoms with Crippen LogP contribution in [-0.2, 0) is 6.54 Å². The number of nitrogens with zero attached hydrogens (tertiary/aromatic N) is 1. The summed E-state index contributed by atoms with van der Waals surface area (Å²) in [7, 11) is 0. The topological polar surface area (TPSA) is 78.6 Å². The molecule has 0 aromatic heterocycles. The predicted molar refractivity (Wildman–Crippen MR) is 70.2 cm³/mol. The van der Waals surface area contributed by atoms with Crippen molar-refractivity contribution in [3.63, 3.8) is 0 Å². The highest BCUT2D eigenvalue weighted by Crippen LogP contribution is 2.18. The minimum Gasteiger partial charge on any atom is -0.394 e. The van der Waals surface area contributed by atoms with E-state index >= 15 is 0 Å². The molecule has 4 N–H and O–H groups in total. The number of carbonyl (C=O) groups excluding carboxylic acids is 1. The van der Waals surface area contributed by atoms with Crippen LogP contribution in [-0.4, -0.2) is 35.2 Å². The minimum absolute atomic E-state index is 0.0273. The highest BCUT2D eigenvalue weighted by atomic mass is 16.3. The number of carbonyl (C=O) groups is 1. The van der Waals surface area contributed by atoms with Crippen molar-refractivity contribution in [3.8, 4) is 0 Å². The molecule has 1 aliphatic heterocycles. The first-order chi connectivity index (χ1) is 8.74. The second kappa shape index (κ2) is 5.84. The molecular weight excluding hydrogens is 230 g/mol. The van der Waals surface area contributed by atoms with Crippen molar-refractivity contribution in [3.05, 3.63) is 29.8 Å². The van der Waals surface area contributed by atoms with E-state index in [1.165, 1.54) is 0 Å². The first-order valence-corrected chi connectivity index (χ1v) is 6.22. The third kappa shape index (κ3) is 2.80. The Balaban J connectivity index is 1.97. The summed E-state index contributed by atoms with van der Waals surface area (Å²) in [6.45, 7) is 1.23. The molecule has 1 fully saturated rings. The van der Waals surface area contributed by atoms with Gasteiger partial charge in [-0.05, 0) is 30.5 Å². The van der Waals surface area contributed by atoms with Gasteiger partial charge in [-0.15, -0.1) is 0 Å². The number of aliphatic hydroxyl groups excluding tert-OH is 1. The molecule has 0 radical (unpaired) electrons. The predicted octanol–water partition coefficient (Wildman–Crippen LogP) is 1.13. The zero-order chi connectivity index (χ0) is 13.0. The molecule has 2 rings (SSSR count). The fraction of sp³-hybridized carbons (Fsp3) is 0.462. The maximum atomic E-state index is 12.0. The zero-order valence-electron chi connectivity index (χ0n) is 10.3. The van der Waals surface area contributed by atoms with Crippen LogP contribution in [0.1, 0.15) is 18.4 Å². The minimum atomic E-state index is -0.146. The fourth-order valence-electron chi connectivity index (χ4n) is 2.21. The van der Waals surface area contributed by atoms with Gasteiger partial charge in [-0.25, -0.2) is 4.79 Å². The molecule has 1 aromatic carbocycles. The van der Waals surface area contributed by atoms with E-state index in [4.69, 9.17) is 5.73 Å². The number of nitrogens with two attached hydrogens (primary N) is 1. The van der Waals surface area contributed by atoms with Gasteiger partial charge in [0.15, 0.2) is 0 Å². The van der Waals surface area contributed by atoms with Crippen LogP contribution in [0.5, 0.6) is 0 Å². The molecule has 2 amide bonds. The van der Waals surface area contributed by atoms with Gasteiger partial charge in [-0.2, -0.15) is 0 Å². The van der Waals surface area contributed by atoms with E-state index in [9.17, 15) is 9.90 Å². The van der Waals surface area contributed by atoms with Gasteiger partial charge < -0.3 is 21.1 Å². The number of aliphatic hydroxyl groups is 1. The van der Waals surface area contributed by atoms with Gasteiger partial charge in [-0.1, -0.05) is 12.1 Å². The van der Waals surface area contributed by atoms with Crippen molar-refractivity contribution in [2.24, 2.45) is 5.73 Å². The number of benzene rings is 1. The van der Waals surface area contributed by atoms with Crippen molar-refractivity contribution in [2.75, 3.05) is 18.5 Å². The van der Waals surface area contributed by atoms with Gasteiger partial charge in [0, 0.05) is 18.8 Å². The molecule has 1 saturated heterocycles. The molecule has 5 heteroatoms. The first kappa shape index (κ1) is 12.9. The summed E-state index contributed by atoms with van der Waals surface area (Å²) in [5.74, 6) is 0. The summed E-state index contributed by atoms with van der Waals surface area (Å²) < 4.78 is 0. The van der Waals surface area contributed by atoms with Crippen LogP contribution < -0.4 is 11.1 Å². The molecule has 1 unspecified atom stereocenters. The average Bonchev–Trinajstić information content (AvgIpc) is 2.88. The average molecular weight is 249 g/mol. The highest BCUT2D eigenvalue weighted by Gasteiger charge is 2.27. The Kier molecular flexibility index (Phi) is 4.17. The monoisotopic (exact) mass is 249 g/mol. The molecule has 98 valence electrons. The van der Waals surface area contributed by atoms with Crippen LogP contribution in [0.2, 0.25) is 0 Å². The molecule has 18 heavy (non-hydrogen) atoms. The number of nitrogens with one attached hydrogen (secondary N) is 1. The van der Waals surface area contributed by atoms with E-state index in [1.807, 2.05) is 24.3 Å². The molecule has 1 aromatic rings. The summed E-state index contributed by atoms with van der Waals surface area (Å²) in [6, 6.07) is 7.26. The summed E-state index contributed by atoms with van der Waals surface area (Å²) in [5.41, 5.74) is 7.29. The maximum absolute atomic E-state index is 12.0. The lowest BCUT2D eigenvalue weighted by molar-refractivity contribution is 0.166. The van der Waals surface area contributed by atoms with Crippen LogP contribution in [0.4, 0.5) is 10.5 Å². The Labute approximate surface area is 107 Å². The maximum Gasteiger partial charge on any atom is 0.322 e. The quantitative estimate of drug-likeness (QED) is 0.751. The Bertz CT molecular complexity index is 405. The molecule has 5 nitrogen and oxygen atoms in total. The van der Waals surface area contributed by atoms with Gasteiger partial charge in [0.25, 0.3) is 0 Å². The van der Waals surface area contributed by atoms with E-state index in [0.29, 0.717) is 13.1 Å². The number of likely N-dealkylation sites (tertiary alicyclic amines) is 1. The normalized spacial score (nSPS) is 19.0. The fourth-order valence-corrected chi connectivity index (χ4v) is 2.21. The van der Waals surface area contributed by atoms with E-state index in [0.717, 1.165) is 24.1 Å². The van der Waals surface area contributed by atoms with Gasteiger partial charge in [-0.3, -0.25) is 0 Å². The lowest BCUT2D eigenvalue weighted by Gasteiger charge is -2.23. The summed E-state index contributed by atoms with van der Waals surface area (Å²) >= 11 is 0. The molecule has 0 spiro atoms. The van der Waals surface area contributed by atoms with Gasteiger partial charge in [0.2, 0.25) is 0 Å². The standard InChI is InChI=1S/C13H19N3O2/c14-8-10-3-5-11(6-4-10)15-13(18)16-7-1-2-12(16)9-17/h3-6,12,17H,1-2,7-9,14H2,(H,15,18). The van der Waals surface area contributed by atoms with Crippen molar-refractivity contribution in [1.82, 2.24) is 4.90 Å². The highest BCUT2D eigenvalue weighted by molar-refractivity contribution is 5.89. The second-order valence-corrected chi connectivity index (χ2v) is 4.50. The third-order valence-corrected chi connectivity index (χ3v) is 3.29. The van der Waals surface area contributed by atoms with Crippen molar-refractivity contribution < 1.29 is 9.90 Å². The Morgan fingerprint density at radius 2 is 2.17 bits per heavy atom. The Morgan fingerprint density at radius 1 is 1.44 bits per heavy atom. The van der Waals surface area contributed by atoms with Crippen molar-refractivity contribution >= 4 is 11.7 Å². The van der Waals surface area contributed by atoms with Gasteiger partial charge in [0.05, 0.1) is 12.6 Å². The van der Waals surface area contributed by atoms with Crippen LogP contribution in [0.15, 0.2) is 24.3 Å².